The lowest BCUT2D eigenvalue weighted by molar-refractivity contribution is 0.267. The highest BCUT2D eigenvalue weighted by Crippen LogP contribution is 2.28. The van der Waals surface area contributed by atoms with Crippen LogP contribution < -0.4 is 20.5 Å². The van der Waals surface area contributed by atoms with Gasteiger partial charge in [0.2, 0.25) is 0 Å². The molecule has 6 heteroatoms. The number of nitrogens with one attached hydrogen (secondary N) is 1. The van der Waals surface area contributed by atoms with Gasteiger partial charge < -0.3 is 20.5 Å². The molecule has 1 saturated heterocycles. The second kappa shape index (κ2) is 9.37. The summed E-state index contributed by atoms with van der Waals surface area (Å²) in [5.41, 5.74) is 7.05. The molecule has 6 nitrogen and oxygen atoms in total. The molecule has 1 aromatic rings. The Bertz CT molecular complexity index is 548. The van der Waals surface area contributed by atoms with Crippen LogP contribution in [0.2, 0.25) is 0 Å². The van der Waals surface area contributed by atoms with Gasteiger partial charge in [-0.05, 0) is 50.6 Å². The van der Waals surface area contributed by atoms with Gasteiger partial charge in [0.25, 0.3) is 0 Å². The molecule has 3 N–H and O–H groups in total. The number of rotatable bonds is 8. The van der Waals surface area contributed by atoms with Crippen molar-refractivity contribution >= 4 is 5.96 Å². The number of nitrogens with two attached hydrogens (primary N) is 1. The summed E-state index contributed by atoms with van der Waals surface area (Å²) in [5.74, 6) is 1.96. The Morgan fingerprint density at radius 3 is 2.92 bits per heavy atom. The molecular weight excluding hydrogens is 304 g/mol. The zero-order valence-corrected chi connectivity index (χ0v) is 15.0. The van der Waals surface area contributed by atoms with Gasteiger partial charge in [-0.15, -0.1) is 0 Å². The maximum absolute atomic E-state index is 6.00. The average molecular weight is 334 g/mol. The highest BCUT2D eigenvalue weighted by Gasteiger charge is 2.22. The molecule has 0 bridgehead atoms. The fraction of sp³-hybridized carbons (Fsp3) is 0.611. The van der Waals surface area contributed by atoms with Crippen LogP contribution in [0.4, 0.5) is 0 Å². The number of guanidine groups is 1. The normalized spacial score (nSPS) is 18.6. The third kappa shape index (κ3) is 5.03. The summed E-state index contributed by atoms with van der Waals surface area (Å²) in [6.45, 7) is 8.41. The van der Waals surface area contributed by atoms with Crippen LogP contribution in [0, 0.1) is 0 Å². The maximum atomic E-state index is 6.00. The summed E-state index contributed by atoms with van der Waals surface area (Å²) >= 11 is 0. The Kier molecular flexibility index (Phi) is 7.18. The second-order valence-electron chi connectivity index (χ2n) is 5.93. The maximum Gasteiger partial charge on any atom is 0.188 e. The quantitative estimate of drug-likeness (QED) is 0.562. The molecule has 1 unspecified atom stereocenters. The van der Waals surface area contributed by atoms with Gasteiger partial charge in [0.05, 0.1) is 20.3 Å². The number of likely N-dealkylation sites (tertiary alicyclic amines) is 1. The van der Waals surface area contributed by atoms with Crippen LogP contribution in [0.25, 0.3) is 0 Å². The number of likely N-dealkylation sites (N-methyl/N-ethyl adjacent to an activating group) is 1. The lowest BCUT2D eigenvalue weighted by Crippen LogP contribution is -2.42. The first-order valence-corrected chi connectivity index (χ1v) is 8.75. The number of benzene rings is 1. The number of ether oxygens (including phenoxy) is 2. The molecule has 24 heavy (non-hydrogen) atoms. The Hall–Kier alpha value is -1.95. The van der Waals surface area contributed by atoms with E-state index >= 15 is 0 Å². The molecule has 1 aromatic carbocycles. The van der Waals surface area contributed by atoms with Crippen molar-refractivity contribution in [2.24, 2.45) is 10.7 Å². The molecule has 1 aliphatic rings. The van der Waals surface area contributed by atoms with E-state index in [4.69, 9.17) is 15.2 Å². The molecule has 1 aliphatic heterocycles. The Morgan fingerprint density at radius 2 is 2.21 bits per heavy atom. The predicted octanol–water partition coefficient (Wildman–Crippen LogP) is 1.98. The van der Waals surface area contributed by atoms with E-state index in [0.29, 0.717) is 25.2 Å². The van der Waals surface area contributed by atoms with Gasteiger partial charge in [0.1, 0.15) is 0 Å². The number of methoxy groups -OCH3 is 1. The van der Waals surface area contributed by atoms with E-state index in [0.717, 1.165) is 30.2 Å². The summed E-state index contributed by atoms with van der Waals surface area (Å²) in [6, 6.07) is 6.40. The average Bonchev–Trinajstić information content (AvgIpc) is 3.06. The van der Waals surface area contributed by atoms with E-state index in [1.807, 2.05) is 25.1 Å². The lowest BCUT2D eigenvalue weighted by Gasteiger charge is -2.23. The molecular formula is C18H30N4O2. The van der Waals surface area contributed by atoms with Gasteiger partial charge in [-0.1, -0.05) is 13.0 Å². The molecule has 1 fully saturated rings. The van der Waals surface area contributed by atoms with E-state index < -0.39 is 0 Å². The number of aliphatic imine (C=N–C) groups is 1. The first-order valence-electron chi connectivity index (χ1n) is 8.75. The van der Waals surface area contributed by atoms with Crippen LogP contribution in [-0.2, 0) is 6.54 Å². The third-order valence-corrected chi connectivity index (χ3v) is 4.38. The second-order valence-corrected chi connectivity index (χ2v) is 5.93. The fourth-order valence-electron chi connectivity index (χ4n) is 3.09. The van der Waals surface area contributed by atoms with Gasteiger partial charge in [-0.2, -0.15) is 0 Å². The Labute approximate surface area is 145 Å². The smallest absolute Gasteiger partial charge is 0.188 e. The Morgan fingerprint density at radius 1 is 1.38 bits per heavy atom. The van der Waals surface area contributed by atoms with Crippen molar-refractivity contribution in [3.05, 3.63) is 23.8 Å². The van der Waals surface area contributed by atoms with Crippen molar-refractivity contribution < 1.29 is 9.47 Å². The largest absolute Gasteiger partial charge is 0.493 e. The van der Waals surface area contributed by atoms with Gasteiger partial charge in [0.15, 0.2) is 17.5 Å². The van der Waals surface area contributed by atoms with E-state index in [2.05, 4.69) is 22.1 Å². The van der Waals surface area contributed by atoms with Crippen molar-refractivity contribution in [1.29, 1.82) is 0 Å². The molecule has 0 aromatic heterocycles. The topological polar surface area (TPSA) is 72.1 Å². The molecule has 0 spiro atoms. The monoisotopic (exact) mass is 334 g/mol. The fourth-order valence-corrected chi connectivity index (χ4v) is 3.09. The standard InChI is InChI=1S/C18H30N4O2/c1-4-22-10-6-7-15(22)13-21-18(19)20-12-14-8-9-16(23-3)17(11-14)24-5-2/h8-9,11,15H,4-7,10,12-13H2,1-3H3,(H3,19,20,21). The van der Waals surface area contributed by atoms with Crippen LogP contribution in [-0.4, -0.2) is 50.3 Å². The van der Waals surface area contributed by atoms with Gasteiger partial charge in [0, 0.05) is 12.6 Å². The van der Waals surface area contributed by atoms with Gasteiger partial charge in [-0.25, -0.2) is 4.99 Å². The van der Waals surface area contributed by atoms with E-state index in [1.54, 1.807) is 7.11 Å². The molecule has 0 aliphatic carbocycles. The molecule has 1 heterocycles. The van der Waals surface area contributed by atoms with Crippen LogP contribution in [0.5, 0.6) is 11.5 Å². The zero-order valence-electron chi connectivity index (χ0n) is 15.0. The SMILES string of the molecule is CCOc1cc(CN=C(N)NCC2CCCN2CC)ccc1OC. The number of hydrogen-bond acceptors (Lipinski definition) is 4. The lowest BCUT2D eigenvalue weighted by atomic mass is 10.2. The van der Waals surface area contributed by atoms with Crippen molar-refractivity contribution in [1.82, 2.24) is 10.2 Å². The van der Waals surface area contributed by atoms with E-state index in [-0.39, 0.29) is 0 Å². The molecule has 134 valence electrons. The predicted molar refractivity (Wildman–Crippen MR) is 97.8 cm³/mol. The van der Waals surface area contributed by atoms with Crippen LogP contribution in [0.15, 0.2) is 23.2 Å². The van der Waals surface area contributed by atoms with Crippen LogP contribution in [0.3, 0.4) is 0 Å². The van der Waals surface area contributed by atoms with Crippen LogP contribution in [0.1, 0.15) is 32.3 Å². The molecule has 2 rings (SSSR count). The molecule has 0 radical (unpaired) electrons. The third-order valence-electron chi connectivity index (χ3n) is 4.38. The van der Waals surface area contributed by atoms with Gasteiger partial charge >= 0.3 is 0 Å². The van der Waals surface area contributed by atoms with Gasteiger partial charge in [-0.3, -0.25) is 4.90 Å². The van der Waals surface area contributed by atoms with Crippen LogP contribution >= 0.6 is 0 Å². The van der Waals surface area contributed by atoms with Crippen molar-refractivity contribution in [2.75, 3.05) is 33.4 Å². The first kappa shape index (κ1) is 18.4. The summed E-state index contributed by atoms with van der Waals surface area (Å²) in [5, 5.41) is 3.25. The first-order chi connectivity index (χ1) is 11.7. The Balaban J connectivity index is 1.88. The minimum atomic E-state index is 0.492. The highest BCUT2D eigenvalue weighted by atomic mass is 16.5. The van der Waals surface area contributed by atoms with Crippen molar-refractivity contribution in [3.63, 3.8) is 0 Å². The summed E-state index contributed by atoms with van der Waals surface area (Å²) in [6.07, 6.45) is 2.49. The minimum Gasteiger partial charge on any atom is -0.493 e. The van der Waals surface area contributed by atoms with Crippen molar-refractivity contribution in [2.45, 2.75) is 39.3 Å². The molecule has 0 amide bonds. The molecule has 0 saturated carbocycles. The summed E-state index contributed by atoms with van der Waals surface area (Å²) < 4.78 is 10.9. The summed E-state index contributed by atoms with van der Waals surface area (Å²) in [7, 11) is 1.64. The van der Waals surface area contributed by atoms with E-state index in [9.17, 15) is 0 Å². The summed E-state index contributed by atoms with van der Waals surface area (Å²) in [4.78, 5) is 6.92. The number of nitrogens with zero attached hydrogens (tertiary/aromatic N) is 2. The zero-order chi connectivity index (χ0) is 17.4. The van der Waals surface area contributed by atoms with Crippen molar-refractivity contribution in [3.8, 4) is 11.5 Å². The minimum absolute atomic E-state index is 0.492. The molecule has 1 atom stereocenters. The highest BCUT2D eigenvalue weighted by molar-refractivity contribution is 5.77. The number of hydrogen-bond donors (Lipinski definition) is 2. The van der Waals surface area contributed by atoms with E-state index in [1.165, 1.54) is 19.4 Å².